The van der Waals surface area contributed by atoms with Gasteiger partial charge in [0, 0.05) is 24.2 Å². The van der Waals surface area contributed by atoms with Gasteiger partial charge in [0.25, 0.3) is 0 Å². The third-order valence-electron chi connectivity index (χ3n) is 4.12. The molecule has 2 atom stereocenters. The number of hydrogen-bond donors (Lipinski definition) is 2. The Bertz CT molecular complexity index is 488. The fraction of sp³-hybridized carbons (Fsp3) is 0.533. The zero-order chi connectivity index (χ0) is 13.9. The summed E-state index contributed by atoms with van der Waals surface area (Å²) in [6.07, 6.45) is 4.27. The molecule has 0 aromatic heterocycles. The van der Waals surface area contributed by atoms with Crippen LogP contribution in [0.5, 0.6) is 0 Å². The number of carbonyl (C=O) groups is 1. The summed E-state index contributed by atoms with van der Waals surface area (Å²) >= 11 is 6.02. The van der Waals surface area contributed by atoms with Gasteiger partial charge in [-0.2, -0.15) is 0 Å². The topological polar surface area (TPSA) is 44.4 Å². The molecule has 108 valence electrons. The minimum Gasteiger partial charge on any atom is -0.341 e. The molecule has 0 radical (unpaired) electrons. The molecule has 0 saturated carbocycles. The molecule has 20 heavy (non-hydrogen) atoms. The number of likely N-dealkylation sites (tertiary alicyclic amines) is 1. The lowest BCUT2D eigenvalue weighted by molar-refractivity contribution is -0.134. The van der Waals surface area contributed by atoms with E-state index >= 15 is 0 Å². The predicted molar refractivity (Wildman–Crippen MR) is 79.3 cm³/mol. The number of piperidine rings is 1. The van der Waals surface area contributed by atoms with Gasteiger partial charge in [-0.3, -0.25) is 4.79 Å². The van der Waals surface area contributed by atoms with E-state index in [4.69, 9.17) is 11.6 Å². The number of amides is 1. The lowest BCUT2D eigenvalue weighted by Gasteiger charge is -2.28. The van der Waals surface area contributed by atoms with E-state index in [1.54, 1.807) is 0 Å². The van der Waals surface area contributed by atoms with Gasteiger partial charge in [0.15, 0.2) is 0 Å². The largest absolute Gasteiger partial charge is 0.341 e. The molecule has 2 fully saturated rings. The predicted octanol–water partition coefficient (Wildman–Crippen LogP) is 2.26. The Kier molecular flexibility index (Phi) is 4.24. The number of nitrogens with one attached hydrogen (secondary N) is 2. The van der Waals surface area contributed by atoms with E-state index in [0.717, 1.165) is 42.9 Å². The van der Waals surface area contributed by atoms with Gasteiger partial charge in [0.1, 0.15) is 6.04 Å². The Hall–Kier alpha value is -1.10. The molecule has 2 aliphatic heterocycles. The highest BCUT2D eigenvalue weighted by molar-refractivity contribution is 6.30. The van der Waals surface area contributed by atoms with Crippen LogP contribution in [0.2, 0.25) is 5.02 Å². The van der Waals surface area contributed by atoms with Gasteiger partial charge in [0.2, 0.25) is 5.91 Å². The third-order valence-corrected chi connectivity index (χ3v) is 4.36. The molecule has 2 N–H and O–H groups in total. The standard InChI is InChI=1S/C15H20ClN3O/c16-12-6-4-5-11(9-12)13-10-14(18-17-13)15(20)19-7-2-1-3-8-19/h4-6,9,13-14,17-18H,1-3,7-8,10H2. The highest BCUT2D eigenvalue weighted by Gasteiger charge is 2.33. The van der Waals surface area contributed by atoms with E-state index in [0.29, 0.717) is 0 Å². The smallest absolute Gasteiger partial charge is 0.241 e. The van der Waals surface area contributed by atoms with Crippen LogP contribution in [0, 0.1) is 0 Å². The van der Waals surface area contributed by atoms with Crippen LogP contribution in [0.3, 0.4) is 0 Å². The Morgan fingerprint density at radius 1 is 1.20 bits per heavy atom. The minimum absolute atomic E-state index is 0.128. The average molecular weight is 294 g/mol. The zero-order valence-corrected chi connectivity index (χ0v) is 12.2. The van der Waals surface area contributed by atoms with Gasteiger partial charge in [0.05, 0.1) is 0 Å². The Balaban J connectivity index is 1.63. The maximum atomic E-state index is 12.4. The summed E-state index contributed by atoms with van der Waals surface area (Å²) in [7, 11) is 0. The molecule has 3 rings (SSSR count). The van der Waals surface area contributed by atoms with Crippen molar-refractivity contribution in [3.63, 3.8) is 0 Å². The maximum absolute atomic E-state index is 12.4. The first kappa shape index (κ1) is 13.9. The SMILES string of the molecule is O=C(C1CC(c2cccc(Cl)c2)NN1)N1CCCCC1. The van der Waals surface area contributed by atoms with Crippen molar-refractivity contribution >= 4 is 17.5 Å². The fourth-order valence-electron chi connectivity index (χ4n) is 2.99. The van der Waals surface area contributed by atoms with Gasteiger partial charge in [-0.25, -0.2) is 10.9 Å². The van der Waals surface area contributed by atoms with Gasteiger partial charge >= 0.3 is 0 Å². The van der Waals surface area contributed by atoms with Crippen molar-refractivity contribution in [3.05, 3.63) is 34.9 Å². The number of halogens is 1. The molecule has 4 nitrogen and oxygen atoms in total. The first-order chi connectivity index (χ1) is 9.74. The second kappa shape index (κ2) is 6.12. The lowest BCUT2D eigenvalue weighted by Crippen LogP contribution is -2.47. The first-order valence-corrected chi connectivity index (χ1v) is 7.67. The molecule has 1 aromatic carbocycles. The molecule has 5 heteroatoms. The monoisotopic (exact) mass is 293 g/mol. The number of rotatable bonds is 2. The van der Waals surface area contributed by atoms with Crippen LogP contribution in [0.25, 0.3) is 0 Å². The molecule has 0 spiro atoms. The second-order valence-electron chi connectivity index (χ2n) is 5.57. The van der Waals surface area contributed by atoms with Crippen molar-refractivity contribution in [1.29, 1.82) is 0 Å². The molecule has 1 amide bonds. The highest BCUT2D eigenvalue weighted by Crippen LogP contribution is 2.25. The normalized spacial score (nSPS) is 26.8. The lowest BCUT2D eigenvalue weighted by atomic mass is 10.0. The fourth-order valence-corrected chi connectivity index (χ4v) is 3.19. The van der Waals surface area contributed by atoms with Crippen molar-refractivity contribution < 1.29 is 4.79 Å². The maximum Gasteiger partial charge on any atom is 0.241 e. The van der Waals surface area contributed by atoms with E-state index in [1.165, 1.54) is 6.42 Å². The molecule has 0 bridgehead atoms. The van der Waals surface area contributed by atoms with Crippen LogP contribution in [0.1, 0.15) is 37.3 Å². The molecule has 2 unspecified atom stereocenters. The summed E-state index contributed by atoms with van der Waals surface area (Å²) in [5.41, 5.74) is 7.48. The van der Waals surface area contributed by atoms with Crippen molar-refractivity contribution in [2.45, 2.75) is 37.8 Å². The molecule has 2 heterocycles. The van der Waals surface area contributed by atoms with Crippen molar-refractivity contribution in [2.75, 3.05) is 13.1 Å². The summed E-state index contributed by atoms with van der Waals surface area (Å²) in [5.74, 6) is 0.224. The summed E-state index contributed by atoms with van der Waals surface area (Å²) < 4.78 is 0. The van der Waals surface area contributed by atoms with E-state index < -0.39 is 0 Å². The summed E-state index contributed by atoms with van der Waals surface area (Å²) in [4.78, 5) is 14.4. The van der Waals surface area contributed by atoms with Gasteiger partial charge in [-0.1, -0.05) is 23.7 Å². The first-order valence-electron chi connectivity index (χ1n) is 7.29. The van der Waals surface area contributed by atoms with Crippen LogP contribution in [-0.2, 0) is 4.79 Å². The number of carbonyl (C=O) groups excluding carboxylic acids is 1. The minimum atomic E-state index is -0.128. The number of hydrogen-bond acceptors (Lipinski definition) is 3. The number of nitrogens with zero attached hydrogens (tertiary/aromatic N) is 1. The number of benzene rings is 1. The molecule has 2 aliphatic rings. The molecular weight excluding hydrogens is 274 g/mol. The average Bonchev–Trinajstić information content (AvgIpc) is 2.97. The molecule has 2 saturated heterocycles. The van der Waals surface area contributed by atoms with Crippen LogP contribution in [0.15, 0.2) is 24.3 Å². The molecule has 1 aromatic rings. The van der Waals surface area contributed by atoms with Crippen LogP contribution in [-0.4, -0.2) is 29.9 Å². The van der Waals surface area contributed by atoms with E-state index in [1.807, 2.05) is 29.2 Å². The molecule has 0 aliphatic carbocycles. The zero-order valence-electron chi connectivity index (χ0n) is 11.4. The van der Waals surface area contributed by atoms with Gasteiger partial charge in [-0.05, 0) is 43.4 Å². The van der Waals surface area contributed by atoms with Gasteiger partial charge in [-0.15, -0.1) is 0 Å². The molecular formula is C15H20ClN3O. The highest BCUT2D eigenvalue weighted by atomic mass is 35.5. The van der Waals surface area contributed by atoms with Gasteiger partial charge < -0.3 is 4.90 Å². The third kappa shape index (κ3) is 2.97. The Morgan fingerprint density at radius 2 is 2.00 bits per heavy atom. The Morgan fingerprint density at radius 3 is 2.75 bits per heavy atom. The van der Waals surface area contributed by atoms with Crippen molar-refractivity contribution in [1.82, 2.24) is 15.8 Å². The summed E-state index contributed by atoms with van der Waals surface area (Å²) in [5, 5.41) is 0.732. The van der Waals surface area contributed by atoms with E-state index in [-0.39, 0.29) is 18.0 Å². The summed E-state index contributed by atoms with van der Waals surface area (Å²) in [6.45, 7) is 1.80. The summed E-state index contributed by atoms with van der Waals surface area (Å²) in [6, 6.07) is 7.82. The van der Waals surface area contributed by atoms with Crippen LogP contribution < -0.4 is 10.9 Å². The Labute approximate surface area is 124 Å². The number of hydrazine groups is 1. The second-order valence-corrected chi connectivity index (χ2v) is 6.01. The van der Waals surface area contributed by atoms with Crippen molar-refractivity contribution in [3.8, 4) is 0 Å². The van der Waals surface area contributed by atoms with E-state index in [2.05, 4.69) is 10.9 Å². The van der Waals surface area contributed by atoms with Crippen LogP contribution in [0.4, 0.5) is 0 Å². The quantitative estimate of drug-likeness (QED) is 0.879. The van der Waals surface area contributed by atoms with Crippen LogP contribution >= 0.6 is 11.6 Å². The van der Waals surface area contributed by atoms with E-state index in [9.17, 15) is 4.79 Å². The van der Waals surface area contributed by atoms with Crippen molar-refractivity contribution in [2.24, 2.45) is 0 Å².